The molecule has 7 nitrogen and oxygen atoms in total. The Labute approximate surface area is 184 Å². The number of sulfonamides is 1. The summed E-state index contributed by atoms with van der Waals surface area (Å²) in [5.41, 5.74) is -0.712. The first-order valence-corrected chi connectivity index (χ1v) is 11.1. The topological polar surface area (TPSA) is 92.8 Å². The smallest absolute Gasteiger partial charge is 0.416 e. The Balaban J connectivity index is 2.02. The normalized spacial score (nSPS) is 13.0. The largest absolute Gasteiger partial charge is 0.449 e. The molecule has 0 radical (unpaired) electrons. The van der Waals surface area contributed by atoms with Crippen LogP contribution in [0.5, 0.6) is 0 Å². The van der Waals surface area contributed by atoms with Crippen LogP contribution in [-0.4, -0.2) is 43.8 Å². The van der Waals surface area contributed by atoms with Gasteiger partial charge in [0.2, 0.25) is 10.0 Å². The zero-order valence-corrected chi connectivity index (χ0v) is 18.5. The quantitative estimate of drug-likeness (QED) is 0.588. The van der Waals surface area contributed by atoms with Crippen molar-refractivity contribution in [2.75, 3.05) is 18.4 Å². The highest BCUT2D eigenvalue weighted by Crippen LogP contribution is 2.29. The molecule has 0 saturated carbocycles. The van der Waals surface area contributed by atoms with Gasteiger partial charge in [0.15, 0.2) is 6.10 Å². The molecular formula is C21H23F3N2O5S. The van der Waals surface area contributed by atoms with Crippen LogP contribution in [0.3, 0.4) is 0 Å². The van der Waals surface area contributed by atoms with Gasteiger partial charge in [0.05, 0.1) is 16.0 Å². The lowest BCUT2D eigenvalue weighted by Crippen LogP contribution is -2.31. The van der Waals surface area contributed by atoms with Crippen molar-refractivity contribution in [1.29, 1.82) is 0 Å². The zero-order valence-electron chi connectivity index (χ0n) is 17.6. The molecule has 0 aliphatic heterocycles. The molecule has 32 heavy (non-hydrogen) atoms. The van der Waals surface area contributed by atoms with E-state index in [9.17, 15) is 31.2 Å². The predicted molar refractivity (Wildman–Crippen MR) is 112 cm³/mol. The second-order valence-electron chi connectivity index (χ2n) is 6.73. The van der Waals surface area contributed by atoms with E-state index in [1.165, 1.54) is 35.5 Å². The fraction of sp³-hybridized carbons (Fsp3) is 0.333. The van der Waals surface area contributed by atoms with Crippen LogP contribution in [0.15, 0.2) is 53.4 Å². The van der Waals surface area contributed by atoms with Gasteiger partial charge in [-0.25, -0.2) is 13.2 Å². The number of ether oxygens (including phenoxy) is 1. The molecule has 11 heteroatoms. The number of carbonyl (C=O) groups is 2. The molecule has 0 aliphatic rings. The molecule has 0 heterocycles. The Bertz CT molecular complexity index is 1050. The summed E-state index contributed by atoms with van der Waals surface area (Å²) in [7, 11) is -3.68. The molecule has 0 spiro atoms. The fourth-order valence-electron chi connectivity index (χ4n) is 2.74. The summed E-state index contributed by atoms with van der Waals surface area (Å²) < 4.78 is 69.1. The standard InChI is InChI=1S/C21H23F3N2O5S/c1-4-26(5-2)32(29,30)18-12-6-15(7-13-18)20(28)31-14(3)19(27)25-17-10-8-16(9-11-17)21(22,23)24/h6-14H,4-5H2,1-3H3,(H,25,27). The third-order valence-electron chi connectivity index (χ3n) is 4.57. The van der Waals surface area contributed by atoms with Crippen LogP contribution in [-0.2, 0) is 25.7 Å². The molecule has 0 saturated heterocycles. The number of amides is 1. The summed E-state index contributed by atoms with van der Waals surface area (Å²) in [6.07, 6.45) is -5.74. The van der Waals surface area contributed by atoms with E-state index in [1.807, 2.05) is 0 Å². The van der Waals surface area contributed by atoms with Crippen LogP contribution in [0.2, 0.25) is 0 Å². The van der Waals surface area contributed by atoms with Gasteiger partial charge in [-0.3, -0.25) is 4.79 Å². The average Bonchev–Trinajstić information content (AvgIpc) is 2.74. The van der Waals surface area contributed by atoms with E-state index in [-0.39, 0.29) is 16.1 Å². The number of alkyl halides is 3. The van der Waals surface area contributed by atoms with Crippen molar-refractivity contribution in [3.05, 3.63) is 59.7 Å². The first-order chi connectivity index (χ1) is 14.9. The summed E-state index contributed by atoms with van der Waals surface area (Å²) in [6.45, 7) is 5.33. The highest BCUT2D eigenvalue weighted by Gasteiger charge is 2.30. The molecular weight excluding hydrogens is 449 g/mol. The molecule has 0 aliphatic carbocycles. The lowest BCUT2D eigenvalue weighted by molar-refractivity contribution is -0.137. The molecule has 1 atom stereocenters. The number of esters is 1. The number of nitrogens with one attached hydrogen (secondary N) is 1. The number of halogens is 3. The van der Waals surface area contributed by atoms with Crippen molar-refractivity contribution in [3.63, 3.8) is 0 Å². The lowest BCUT2D eigenvalue weighted by atomic mass is 10.2. The Morgan fingerprint density at radius 2 is 1.53 bits per heavy atom. The van der Waals surface area contributed by atoms with Crippen molar-refractivity contribution in [3.8, 4) is 0 Å². The van der Waals surface area contributed by atoms with Crippen LogP contribution in [0.1, 0.15) is 36.7 Å². The molecule has 2 aromatic rings. The van der Waals surface area contributed by atoms with Crippen LogP contribution < -0.4 is 5.32 Å². The molecule has 1 amide bonds. The maximum absolute atomic E-state index is 12.6. The van der Waals surface area contributed by atoms with Crippen molar-refractivity contribution in [2.24, 2.45) is 0 Å². The van der Waals surface area contributed by atoms with E-state index in [1.54, 1.807) is 13.8 Å². The maximum Gasteiger partial charge on any atom is 0.416 e. The SMILES string of the molecule is CCN(CC)S(=O)(=O)c1ccc(C(=O)OC(C)C(=O)Nc2ccc(C(F)(F)F)cc2)cc1. The second kappa shape index (κ2) is 10.1. The Kier molecular flexibility index (Phi) is 8.02. The minimum absolute atomic E-state index is 0.0193. The van der Waals surface area contributed by atoms with Gasteiger partial charge >= 0.3 is 12.1 Å². The molecule has 0 bridgehead atoms. The van der Waals surface area contributed by atoms with Crippen molar-refractivity contribution >= 4 is 27.6 Å². The average molecular weight is 472 g/mol. The number of anilines is 1. The van der Waals surface area contributed by atoms with Gasteiger partial charge in [0.1, 0.15) is 0 Å². The summed E-state index contributed by atoms with van der Waals surface area (Å²) in [4.78, 5) is 24.5. The second-order valence-corrected chi connectivity index (χ2v) is 8.66. The Morgan fingerprint density at radius 1 is 1.00 bits per heavy atom. The number of carbonyl (C=O) groups excluding carboxylic acids is 2. The first-order valence-electron chi connectivity index (χ1n) is 9.69. The van der Waals surface area contributed by atoms with Gasteiger partial charge in [-0.05, 0) is 55.5 Å². The molecule has 0 fully saturated rings. The summed E-state index contributed by atoms with van der Waals surface area (Å²) in [6, 6.07) is 8.92. The zero-order chi connectivity index (χ0) is 24.1. The van der Waals surface area contributed by atoms with Gasteiger partial charge in [0.25, 0.3) is 5.91 Å². The van der Waals surface area contributed by atoms with E-state index in [0.29, 0.717) is 13.1 Å². The third kappa shape index (κ3) is 6.07. The molecule has 1 unspecified atom stereocenters. The maximum atomic E-state index is 12.6. The lowest BCUT2D eigenvalue weighted by Gasteiger charge is -2.18. The van der Waals surface area contributed by atoms with Gasteiger partial charge in [-0.2, -0.15) is 17.5 Å². The molecule has 174 valence electrons. The Morgan fingerprint density at radius 3 is 2.00 bits per heavy atom. The number of nitrogens with zero attached hydrogens (tertiary/aromatic N) is 1. The summed E-state index contributed by atoms with van der Waals surface area (Å²) in [5.74, 6) is -1.59. The predicted octanol–water partition coefficient (Wildman–Crippen LogP) is 3.92. The highest BCUT2D eigenvalue weighted by atomic mass is 32.2. The number of hydrogen-bond acceptors (Lipinski definition) is 5. The highest BCUT2D eigenvalue weighted by molar-refractivity contribution is 7.89. The van der Waals surface area contributed by atoms with Crippen LogP contribution in [0.4, 0.5) is 18.9 Å². The molecule has 2 aromatic carbocycles. The van der Waals surface area contributed by atoms with Crippen molar-refractivity contribution in [2.45, 2.75) is 37.9 Å². The van der Waals surface area contributed by atoms with Gasteiger partial charge < -0.3 is 10.1 Å². The number of benzene rings is 2. The van der Waals surface area contributed by atoms with Gasteiger partial charge in [0, 0.05) is 18.8 Å². The monoisotopic (exact) mass is 472 g/mol. The van der Waals surface area contributed by atoms with E-state index >= 15 is 0 Å². The molecule has 0 aromatic heterocycles. The van der Waals surface area contributed by atoms with E-state index in [2.05, 4.69) is 5.32 Å². The van der Waals surface area contributed by atoms with E-state index in [4.69, 9.17) is 4.74 Å². The fourth-order valence-corrected chi connectivity index (χ4v) is 4.20. The minimum atomic E-state index is -4.49. The molecule has 2 rings (SSSR count). The summed E-state index contributed by atoms with van der Waals surface area (Å²) >= 11 is 0. The minimum Gasteiger partial charge on any atom is -0.449 e. The Hall–Kier alpha value is -2.92. The van der Waals surface area contributed by atoms with Crippen LogP contribution in [0.25, 0.3) is 0 Å². The van der Waals surface area contributed by atoms with Crippen LogP contribution in [0, 0.1) is 0 Å². The third-order valence-corrected chi connectivity index (χ3v) is 6.63. The van der Waals surface area contributed by atoms with Gasteiger partial charge in [-0.15, -0.1) is 0 Å². The van der Waals surface area contributed by atoms with Crippen LogP contribution >= 0.6 is 0 Å². The number of rotatable bonds is 8. The van der Waals surface area contributed by atoms with Gasteiger partial charge in [-0.1, -0.05) is 13.8 Å². The van der Waals surface area contributed by atoms with Crippen molar-refractivity contribution < 1.29 is 35.9 Å². The summed E-state index contributed by atoms with van der Waals surface area (Å²) in [5, 5.41) is 2.36. The number of hydrogen-bond donors (Lipinski definition) is 1. The molecule has 1 N–H and O–H groups in total. The van der Waals surface area contributed by atoms with Crippen molar-refractivity contribution in [1.82, 2.24) is 4.31 Å². The van der Waals surface area contributed by atoms with E-state index < -0.39 is 39.7 Å². The first kappa shape index (κ1) is 25.3. The van der Waals surface area contributed by atoms with E-state index in [0.717, 1.165) is 24.3 Å².